The molecule has 0 aliphatic carbocycles. The topological polar surface area (TPSA) is 58.6 Å². The third kappa shape index (κ3) is 4.87. The van der Waals surface area contributed by atoms with Crippen LogP contribution in [0.5, 0.6) is 0 Å². The fourth-order valence-corrected chi connectivity index (χ4v) is 0.527. The standard InChI is InChI=1S/C8H15NO3/c1-5(2)7(10)9-8(11)12-6(3)4/h6,8,11H,1H2,2-4H3,(H,9,10). The minimum absolute atomic E-state index is 0.134. The normalized spacial score (nSPS) is 12.8. The van der Waals surface area contributed by atoms with Gasteiger partial charge in [0.25, 0.3) is 0 Å². The number of aliphatic hydroxyl groups is 1. The number of aliphatic hydroxyl groups excluding tert-OH is 1. The van der Waals surface area contributed by atoms with Gasteiger partial charge in [0, 0.05) is 5.57 Å². The van der Waals surface area contributed by atoms with Crippen LogP contribution in [0.4, 0.5) is 0 Å². The van der Waals surface area contributed by atoms with Crippen LogP contribution in [0.3, 0.4) is 0 Å². The van der Waals surface area contributed by atoms with Gasteiger partial charge in [0.15, 0.2) is 0 Å². The zero-order chi connectivity index (χ0) is 9.72. The number of nitrogens with one attached hydrogen (secondary N) is 1. The highest BCUT2D eigenvalue weighted by Crippen LogP contribution is 1.93. The molecule has 1 atom stereocenters. The molecule has 0 aromatic rings. The second-order valence-corrected chi connectivity index (χ2v) is 2.79. The average molecular weight is 173 g/mol. The smallest absolute Gasteiger partial charge is 0.250 e. The van der Waals surface area contributed by atoms with Gasteiger partial charge in [-0.3, -0.25) is 4.79 Å². The summed E-state index contributed by atoms with van der Waals surface area (Å²) in [5, 5.41) is 11.2. The summed E-state index contributed by atoms with van der Waals surface area (Å²) in [6.07, 6.45) is -1.39. The number of amides is 1. The molecule has 0 fully saturated rings. The van der Waals surface area contributed by atoms with E-state index in [1.54, 1.807) is 20.8 Å². The van der Waals surface area contributed by atoms with Gasteiger partial charge in [-0.2, -0.15) is 0 Å². The summed E-state index contributed by atoms with van der Waals surface area (Å²) in [4.78, 5) is 10.9. The molecule has 0 aliphatic heterocycles. The van der Waals surface area contributed by atoms with E-state index in [2.05, 4.69) is 11.9 Å². The molecule has 0 rings (SSSR count). The van der Waals surface area contributed by atoms with E-state index in [9.17, 15) is 4.79 Å². The molecule has 2 N–H and O–H groups in total. The molecule has 0 bridgehead atoms. The maximum Gasteiger partial charge on any atom is 0.250 e. The lowest BCUT2D eigenvalue weighted by molar-refractivity contribution is -0.156. The van der Waals surface area contributed by atoms with Crippen LogP contribution in [0, 0.1) is 0 Å². The van der Waals surface area contributed by atoms with Gasteiger partial charge in [-0.25, -0.2) is 0 Å². The van der Waals surface area contributed by atoms with E-state index in [1.807, 2.05) is 0 Å². The maximum atomic E-state index is 10.9. The minimum atomic E-state index is -1.26. The molecule has 0 aliphatic rings. The summed E-state index contributed by atoms with van der Waals surface area (Å²) in [5.41, 5.74) is 0.335. The van der Waals surface area contributed by atoms with Gasteiger partial charge in [0.05, 0.1) is 6.10 Å². The van der Waals surface area contributed by atoms with E-state index >= 15 is 0 Å². The summed E-state index contributed by atoms with van der Waals surface area (Å²) in [6, 6.07) is 0. The SMILES string of the molecule is C=C(C)C(=O)NC(O)OC(C)C. The third-order valence-corrected chi connectivity index (χ3v) is 1.04. The molecule has 0 spiro atoms. The lowest BCUT2D eigenvalue weighted by Crippen LogP contribution is -2.38. The van der Waals surface area contributed by atoms with E-state index in [-0.39, 0.29) is 6.10 Å². The largest absolute Gasteiger partial charge is 0.351 e. The van der Waals surface area contributed by atoms with Crippen molar-refractivity contribution in [2.75, 3.05) is 0 Å². The predicted octanol–water partition coefficient (Wildman–Crippen LogP) is 0.380. The molecule has 0 saturated carbocycles. The summed E-state index contributed by atoms with van der Waals surface area (Å²) in [7, 11) is 0. The Labute approximate surface area is 72.2 Å². The quantitative estimate of drug-likeness (QED) is 0.477. The lowest BCUT2D eigenvalue weighted by Gasteiger charge is -2.15. The van der Waals surface area contributed by atoms with Gasteiger partial charge < -0.3 is 15.2 Å². The Morgan fingerprint density at radius 1 is 1.58 bits per heavy atom. The Bertz CT molecular complexity index is 177. The first-order valence-electron chi connectivity index (χ1n) is 3.73. The van der Waals surface area contributed by atoms with Gasteiger partial charge in [-0.15, -0.1) is 0 Å². The Morgan fingerprint density at radius 3 is 2.42 bits per heavy atom. The molecule has 4 nitrogen and oxygen atoms in total. The third-order valence-electron chi connectivity index (χ3n) is 1.04. The van der Waals surface area contributed by atoms with Crippen molar-refractivity contribution in [2.45, 2.75) is 33.3 Å². The molecule has 0 radical (unpaired) electrons. The molecule has 12 heavy (non-hydrogen) atoms. The Morgan fingerprint density at radius 2 is 2.08 bits per heavy atom. The van der Waals surface area contributed by atoms with E-state index in [1.165, 1.54) is 0 Å². The van der Waals surface area contributed by atoms with Crippen LogP contribution in [-0.4, -0.2) is 23.5 Å². The van der Waals surface area contributed by atoms with Crippen molar-refractivity contribution >= 4 is 5.91 Å². The molecular formula is C8H15NO3. The first kappa shape index (κ1) is 11.1. The van der Waals surface area contributed by atoms with Crippen molar-refractivity contribution < 1.29 is 14.6 Å². The van der Waals surface area contributed by atoms with Gasteiger partial charge in [-0.05, 0) is 20.8 Å². The molecule has 0 saturated heterocycles. The Kier molecular flexibility index (Phi) is 4.54. The van der Waals surface area contributed by atoms with Crippen molar-refractivity contribution in [2.24, 2.45) is 0 Å². The van der Waals surface area contributed by atoms with E-state index in [0.29, 0.717) is 5.57 Å². The fraction of sp³-hybridized carbons (Fsp3) is 0.625. The number of carbonyl (C=O) groups excluding carboxylic acids is 1. The van der Waals surface area contributed by atoms with Crippen molar-refractivity contribution in [1.29, 1.82) is 0 Å². The highest BCUT2D eigenvalue weighted by Gasteiger charge is 2.10. The molecule has 0 heterocycles. The minimum Gasteiger partial charge on any atom is -0.351 e. The lowest BCUT2D eigenvalue weighted by atomic mass is 10.3. The molecule has 1 amide bonds. The second kappa shape index (κ2) is 4.90. The van der Waals surface area contributed by atoms with Crippen LogP contribution in [0.2, 0.25) is 0 Å². The van der Waals surface area contributed by atoms with E-state index in [0.717, 1.165) is 0 Å². The van der Waals surface area contributed by atoms with Crippen LogP contribution in [0.25, 0.3) is 0 Å². The number of rotatable bonds is 4. The second-order valence-electron chi connectivity index (χ2n) is 2.79. The van der Waals surface area contributed by atoms with Gasteiger partial charge in [0.2, 0.25) is 12.3 Å². The van der Waals surface area contributed by atoms with Crippen LogP contribution < -0.4 is 5.32 Å². The number of carbonyl (C=O) groups is 1. The number of hydrogen-bond donors (Lipinski definition) is 2. The summed E-state index contributed by atoms with van der Waals surface area (Å²) in [5.74, 6) is -0.414. The van der Waals surface area contributed by atoms with Crippen LogP contribution in [0.1, 0.15) is 20.8 Å². The van der Waals surface area contributed by atoms with Gasteiger partial charge >= 0.3 is 0 Å². The monoisotopic (exact) mass is 173 g/mol. The van der Waals surface area contributed by atoms with Crippen LogP contribution >= 0.6 is 0 Å². The van der Waals surface area contributed by atoms with Crippen LogP contribution in [-0.2, 0) is 9.53 Å². The summed E-state index contributed by atoms with van der Waals surface area (Å²) < 4.78 is 4.85. The molecule has 0 aromatic carbocycles. The van der Waals surface area contributed by atoms with Crippen molar-refractivity contribution in [3.8, 4) is 0 Å². The van der Waals surface area contributed by atoms with E-state index in [4.69, 9.17) is 9.84 Å². The first-order chi connectivity index (χ1) is 5.43. The summed E-state index contributed by atoms with van der Waals surface area (Å²) in [6.45, 7) is 8.48. The van der Waals surface area contributed by atoms with E-state index < -0.39 is 12.3 Å². The summed E-state index contributed by atoms with van der Waals surface area (Å²) >= 11 is 0. The number of ether oxygens (including phenoxy) is 1. The first-order valence-corrected chi connectivity index (χ1v) is 3.73. The average Bonchev–Trinajstić information content (AvgIpc) is 1.84. The Hall–Kier alpha value is -0.870. The molecule has 4 heteroatoms. The van der Waals surface area contributed by atoms with Gasteiger partial charge in [0.1, 0.15) is 0 Å². The molecular weight excluding hydrogens is 158 g/mol. The molecule has 1 unspecified atom stereocenters. The fourth-order valence-electron chi connectivity index (χ4n) is 0.527. The highest BCUT2D eigenvalue weighted by molar-refractivity contribution is 5.92. The number of hydrogen-bond acceptors (Lipinski definition) is 3. The maximum absolute atomic E-state index is 10.9. The van der Waals surface area contributed by atoms with Crippen molar-refractivity contribution in [3.05, 3.63) is 12.2 Å². The van der Waals surface area contributed by atoms with Crippen molar-refractivity contribution in [1.82, 2.24) is 5.32 Å². The molecule has 70 valence electrons. The van der Waals surface area contributed by atoms with Gasteiger partial charge in [-0.1, -0.05) is 6.58 Å². The van der Waals surface area contributed by atoms with Crippen molar-refractivity contribution in [3.63, 3.8) is 0 Å². The van der Waals surface area contributed by atoms with Crippen LogP contribution in [0.15, 0.2) is 12.2 Å². The zero-order valence-electron chi connectivity index (χ0n) is 7.63. The Balaban J connectivity index is 3.76. The zero-order valence-corrected chi connectivity index (χ0v) is 7.63. The predicted molar refractivity (Wildman–Crippen MR) is 45.2 cm³/mol. The molecule has 0 aromatic heterocycles. The highest BCUT2D eigenvalue weighted by atomic mass is 16.6.